The van der Waals surface area contributed by atoms with Crippen LogP contribution in [-0.2, 0) is 28.6 Å². The van der Waals surface area contributed by atoms with Crippen LogP contribution in [0.25, 0.3) is 0 Å². The molecular formula is C65H112O6. The van der Waals surface area contributed by atoms with Gasteiger partial charge in [0.25, 0.3) is 0 Å². The summed E-state index contributed by atoms with van der Waals surface area (Å²) in [6.07, 6.45) is 77.4. The summed E-state index contributed by atoms with van der Waals surface area (Å²) >= 11 is 0. The predicted molar refractivity (Wildman–Crippen MR) is 307 cm³/mol. The molecule has 0 radical (unpaired) electrons. The second-order valence-electron chi connectivity index (χ2n) is 19.9. The molecule has 0 saturated carbocycles. The molecule has 0 heterocycles. The average Bonchev–Trinajstić information content (AvgIpc) is 3.37. The smallest absolute Gasteiger partial charge is 0.306 e. The molecule has 1 atom stereocenters. The van der Waals surface area contributed by atoms with Crippen LogP contribution >= 0.6 is 0 Å². The molecule has 0 rings (SSSR count). The van der Waals surface area contributed by atoms with Gasteiger partial charge in [-0.25, -0.2) is 0 Å². The van der Waals surface area contributed by atoms with Crippen LogP contribution < -0.4 is 0 Å². The largest absolute Gasteiger partial charge is 0.462 e. The van der Waals surface area contributed by atoms with Crippen LogP contribution in [0.3, 0.4) is 0 Å². The molecule has 1 unspecified atom stereocenters. The highest BCUT2D eigenvalue weighted by Gasteiger charge is 2.19. The monoisotopic (exact) mass is 989 g/mol. The maximum Gasteiger partial charge on any atom is 0.306 e. The Morgan fingerprint density at radius 2 is 0.577 bits per heavy atom. The molecule has 0 amide bonds. The molecule has 6 nitrogen and oxygen atoms in total. The molecule has 408 valence electrons. The van der Waals surface area contributed by atoms with Gasteiger partial charge in [0, 0.05) is 19.3 Å². The fraction of sp³-hybridized carbons (Fsp3) is 0.738. The summed E-state index contributed by atoms with van der Waals surface area (Å²) in [4.78, 5) is 38.1. The molecule has 0 bridgehead atoms. The van der Waals surface area contributed by atoms with E-state index >= 15 is 0 Å². The molecule has 0 aromatic heterocycles. The summed E-state index contributed by atoms with van der Waals surface area (Å²) in [5, 5.41) is 0. The lowest BCUT2D eigenvalue weighted by molar-refractivity contribution is -0.167. The van der Waals surface area contributed by atoms with Crippen molar-refractivity contribution in [3.63, 3.8) is 0 Å². The first-order valence-electron chi connectivity index (χ1n) is 30.1. The van der Waals surface area contributed by atoms with Crippen LogP contribution in [0.1, 0.15) is 290 Å². The first-order chi connectivity index (χ1) is 35.0. The number of allylic oxidation sites excluding steroid dienone is 14. The zero-order valence-electron chi connectivity index (χ0n) is 46.7. The third-order valence-corrected chi connectivity index (χ3v) is 12.9. The summed E-state index contributed by atoms with van der Waals surface area (Å²) in [5.41, 5.74) is 0. The Kier molecular flexibility index (Phi) is 56.3. The van der Waals surface area contributed by atoms with E-state index in [2.05, 4.69) is 106 Å². The van der Waals surface area contributed by atoms with Crippen LogP contribution in [0, 0.1) is 0 Å². The Hall–Kier alpha value is -3.41. The number of carbonyl (C=O) groups excluding carboxylic acids is 3. The minimum atomic E-state index is -0.809. The van der Waals surface area contributed by atoms with Gasteiger partial charge in [0.1, 0.15) is 13.2 Å². The maximum atomic E-state index is 12.8. The second kappa shape index (κ2) is 59.2. The quantitative estimate of drug-likeness (QED) is 0.0261. The molecule has 0 spiro atoms. The number of unbranched alkanes of at least 4 members (excludes halogenated alkanes) is 29. The first-order valence-corrected chi connectivity index (χ1v) is 30.1. The van der Waals surface area contributed by atoms with E-state index in [1.165, 1.54) is 154 Å². The van der Waals surface area contributed by atoms with Gasteiger partial charge in [-0.2, -0.15) is 0 Å². The maximum absolute atomic E-state index is 12.8. The second-order valence-corrected chi connectivity index (χ2v) is 19.9. The lowest BCUT2D eigenvalue weighted by atomic mass is 10.0. The molecule has 71 heavy (non-hydrogen) atoms. The van der Waals surface area contributed by atoms with E-state index in [1.807, 2.05) is 0 Å². The Labute approximate surface area is 439 Å². The van der Waals surface area contributed by atoms with Crippen LogP contribution in [-0.4, -0.2) is 37.2 Å². The minimum Gasteiger partial charge on any atom is -0.462 e. The van der Waals surface area contributed by atoms with E-state index in [9.17, 15) is 14.4 Å². The fourth-order valence-corrected chi connectivity index (χ4v) is 8.34. The Bertz CT molecular complexity index is 1370. The highest BCUT2D eigenvalue weighted by molar-refractivity contribution is 5.71. The third kappa shape index (κ3) is 57.4. The molecule has 0 N–H and O–H groups in total. The molecule has 0 aromatic carbocycles. The van der Waals surface area contributed by atoms with Crippen molar-refractivity contribution in [3.8, 4) is 0 Å². The van der Waals surface area contributed by atoms with E-state index in [-0.39, 0.29) is 37.5 Å². The lowest BCUT2D eigenvalue weighted by Gasteiger charge is -2.18. The molecule has 0 aromatic rings. The summed E-state index contributed by atoms with van der Waals surface area (Å²) in [6.45, 7) is 6.45. The highest BCUT2D eigenvalue weighted by atomic mass is 16.6. The van der Waals surface area contributed by atoms with Gasteiger partial charge < -0.3 is 14.2 Å². The molecular weight excluding hydrogens is 877 g/mol. The van der Waals surface area contributed by atoms with Gasteiger partial charge in [0.05, 0.1) is 0 Å². The van der Waals surface area contributed by atoms with Crippen molar-refractivity contribution in [2.45, 2.75) is 297 Å². The van der Waals surface area contributed by atoms with E-state index in [4.69, 9.17) is 14.2 Å². The van der Waals surface area contributed by atoms with Crippen LogP contribution in [0.2, 0.25) is 0 Å². The van der Waals surface area contributed by atoms with Crippen LogP contribution in [0.15, 0.2) is 85.1 Å². The molecule has 0 saturated heterocycles. The van der Waals surface area contributed by atoms with Crippen molar-refractivity contribution in [2.24, 2.45) is 0 Å². The average molecular weight is 990 g/mol. The topological polar surface area (TPSA) is 78.9 Å². The Balaban J connectivity index is 4.31. The van der Waals surface area contributed by atoms with Gasteiger partial charge in [0.2, 0.25) is 0 Å². The summed E-state index contributed by atoms with van der Waals surface area (Å²) < 4.78 is 16.8. The molecule has 0 aliphatic rings. The number of hydrogen-bond donors (Lipinski definition) is 0. The zero-order chi connectivity index (χ0) is 51.4. The number of ether oxygens (including phenoxy) is 3. The van der Waals surface area contributed by atoms with Crippen molar-refractivity contribution in [1.82, 2.24) is 0 Å². The number of rotatable bonds is 54. The van der Waals surface area contributed by atoms with E-state index in [1.54, 1.807) is 0 Å². The molecule has 0 fully saturated rings. The zero-order valence-corrected chi connectivity index (χ0v) is 46.7. The number of carbonyl (C=O) groups is 3. The predicted octanol–water partition coefficient (Wildman–Crippen LogP) is 20.3. The van der Waals surface area contributed by atoms with Gasteiger partial charge in [-0.1, -0.05) is 254 Å². The van der Waals surface area contributed by atoms with Gasteiger partial charge in [-0.05, 0) is 103 Å². The summed E-state index contributed by atoms with van der Waals surface area (Å²) in [7, 11) is 0. The van der Waals surface area contributed by atoms with Gasteiger partial charge in [-0.15, -0.1) is 0 Å². The Morgan fingerprint density at radius 1 is 0.296 bits per heavy atom. The third-order valence-electron chi connectivity index (χ3n) is 12.9. The van der Waals surface area contributed by atoms with Crippen molar-refractivity contribution in [1.29, 1.82) is 0 Å². The van der Waals surface area contributed by atoms with Crippen molar-refractivity contribution in [2.75, 3.05) is 13.2 Å². The first kappa shape index (κ1) is 67.6. The SMILES string of the molecule is CC/C=C\C/C=C\C/C=C\C/C=C\C/C=C\CCCC(=O)OC(COC(=O)CCCCCCC/C=C\CCCC)COC(=O)CCCCCCCCCCCCCCC/C=C\CCCCCCCCCC. The van der Waals surface area contributed by atoms with Crippen molar-refractivity contribution >= 4 is 17.9 Å². The fourth-order valence-electron chi connectivity index (χ4n) is 8.34. The highest BCUT2D eigenvalue weighted by Crippen LogP contribution is 2.16. The van der Waals surface area contributed by atoms with E-state index < -0.39 is 6.10 Å². The normalized spacial score (nSPS) is 12.7. The van der Waals surface area contributed by atoms with Crippen molar-refractivity contribution in [3.05, 3.63) is 85.1 Å². The van der Waals surface area contributed by atoms with E-state index in [0.29, 0.717) is 19.3 Å². The van der Waals surface area contributed by atoms with Crippen molar-refractivity contribution < 1.29 is 28.6 Å². The molecule has 6 heteroatoms. The van der Waals surface area contributed by atoms with Gasteiger partial charge in [-0.3, -0.25) is 14.4 Å². The van der Waals surface area contributed by atoms with Crippen LogP contribution in [0.4, 0.5) is 0 Å². The molecule has 0 aliphatic heterocycles. The number of hydrogen-bond acceptors (Lipinski definition) is 6. The van der Waals surface area contributed by atoms with Gasteiger partial charge in [0.15, 0.2) is 6.10 Å². The Morgan fingerprint density at radius 3 is 0.958 bits per heavy atom. The molecule has 0 aliphatic carbocycles. The minimum absolute atomic E-state index is 0.101. The summed E-state index contributed by atoms with van der Waals surface area (Å²) in [6, 6.07) is 0. The van der Waals surface area contributed by atoms with E-state index in [0.717, 1.165) is 89.9 Å². The summed E-state index contributed by atoms with van der Waals surface area (Å²) in [5.74, 6) is -0.964. The standard InChI is InChI=1S/C65H112O6/c1-4-7-10-13-16-19-22-24-26-28-29-30-31-32-33-34-35-37-38-40-43-46-49-52-55-58-64(67)70-61-62(60-69-63(66)57-54-51-48-45-42-21-18-15-12-9-6-3)71-65(68)59-56-53-50-47-44-41-39-36-27-25-23-20-17-14-11-8-5-2/h8,11,15,17-18,20,25,27-29,39,41,47,50,62H,4-7,9-10,12-14,16,19,21-24,26,30-38,40,42-46,48-49,51-61H2,1-3H3/b11-8-,18-15-,20-17-,27-25-,29-28-,41-39-,50-47-. The number of esters is 3. The lowest BCUT2D eigenvalue weighted by Crippen LogP contribution is -2.30. The van der Waals surface area contributed by atoms with Gasteiger partial charge >= 0.3 is 17.9 Å². The van der Waals surface area contributed by atoms with Crippen LogP contribution in [0.5, 0.6) is 0 Å².